The van der Waals surface area contributed by atoms with Crippen molar-refractivity contribution in [3.8, 4) is 0 Å². The van der Waals surface area contributed by atoms with Crippen molar-refractivity contribution >= 4 is 29.7 Å². The minimum atomic E-state index is -1.42. The van der Waals surface area contributed by atoms with E-state index in [1.54, 1.807) is 20.8 Å². The number of carboxylic acids is 2. The van der Waals surface area contributed by atoms with Gasteiger partial charge < -0.3 is 31.3 Å². The van der Waals surface area contributed by atoms with E-state index in [0.29, 0.717) is 0 Å². The van der Waals surface area contributed by atoms with E-state index in [1.807, 2.05) is 0 Å². The van der Waals surface area contributed by atoms with Gasteiger partial charge in [-0.3, -0.25) is 19.2 Å². The van der Waals surface area contributed by atoms with E-state index in [0.717, 1.165) is 0 Å². The number of rotatable bonds is 12. The van der Waals surface area contributed by atoms with Crippen molar-refractivity contribution in [3.05, 3.63) is 0 Å². The van der Waals surface area contributed by atoms with Gasteiger partial charge in [-0.25, -0.2) is 4.79 Å². The molecular weight excluding hydrogens is 374 g/mol. The third-order valence-electron chi connectivity index (χ3n) is 3.95. The average Bonchev–Trinajstić information content (AvgIpc) is 2.60. The van der Waals surface area contributed by atoms with E-state index in [-0.39, 0.29) is 12.8 Å². The van der Waals surface area contributed by atoms with E-state index >= 15 is 0 Å². The second-order valence-corrected chi connectivity index (χ2v) is 6.72. The number of aliphatic carboxylic acids is 2. The molecule has 3 amide bonds. The van der Waals surface area contributed by atoms with Crippen molar-refractivity contribution in [2.75, 3.05) is 0 Å². The monoisotopic (exact) mass is 403 g/mol. The quantitative estimate of drug-likeness (QED) is 0.236. The summed E-state index contributed by atoms with van der Waals surface area (Å²) in [5.74, 6) is -5.21. The Bertz CT molecular complexity index is 593. The maximum absolute atomic E-state index is 12.4. The number of hydrogen-bond donors (Lipinski definition) is 6. The summed E-state index contributed by atoms with van der Waals surface area (Å²) in [6.45, 7) is 6.22. The number of aliphatic hydroxyl groups excluding tert-OH is 1. The third-order valence-corrected chi connectivity index (χ3v) is 3.95. The van der Waals surface area contributed by atoms with E-state index < -0.39 is 66.2 Å². The molecule has 0 aliphatic heterocycles. The lowest BCUT2D eigenvalue weighted by atomic mass is 10.0. The molecule has 0 heterocycles. The number of hydrogen-bond acceptors (Lipinski definition) is 6. The van der Waals surface area contributed by atoms with Crippen LogP contribution in [0.15, 0.2) is 0 Å². The van der Waals surface area contributed by atoms with Gasteiger partial charge in [-0.2, -0.15) is 0 Å². The smallest absolute Gasteiger partial charge is 0.326 e. The topological polar surface area (TPSA) is 182 Å². The van der Waals surface area contributed by atoms with Crippen LogP contribution in [0.5, 0.6) is 0 Å². The van der Waals surface area contributed by atoms with Gasteiger partial charge in [0.1, 0.15) is 24.2 Å². The molecule has 0 saturated heterocycles. The maximum Gasteiger partial charge on any atom is 0.326 e. The van der Waals surface area contributed by atoms with Crippen LogP contribution in [-0.4, -0.2) is 69.2 Å². The van der Waals surface area contributed by atoms with Gasteiger partial charge in [-0.15, -0.1) is 0 Å². The zero-order chi connectivity index (χ0) is 22.0. The maximum atomic E-state index is 12.4. The van der Waals surface area contributed by atoms with E-state index in [4.69, 9.17) is 10.2 Å². The van der Waals surface area contributed by atoms with E-state index in [1.165, 1.54) is 6.92 Å². The Morgan fingerprint density at radius 3 is 1.86 bits per heavy atom. The highest BCUT2D eigenvalue weighted by Crippen LogP contribution is 2.06. The highest BCUT2D eigenvalue weighted by atomic mass is 16.4. The van der Waals surface area contributed by atoms with Crippen LogP contribution in [0.1, 0.15) is 47.0 Å². The van der Waals surface area contributed by atoms with Crippen molar-refractivity contribution in [3.63, 3.8) is 0 Å². The van der Waals surface area contributed by atoms with Crippen molar-refractivity contribution in [1.82, 2.24) is 16.0 Å². The number of aliphatic hydroxyl groups is 1. The second-order valence-electron chi connectivity index (χ2n) is 6.72. The van der Waals surface area contributed by atoms with Gasteiger partial charge >= 0.3 is 11.9 Å². The Morgan fingerprint density at radius 1 is 0.857 bits per heavy atom. The largest absolute Gasteiger partial charge is 0.481 e. The predicted molar refractivity (Wildman–Crippen MR) is 97.1 cm³/mol. The van der Waals surface area contributed by atoms with Crippen molar-refractivity contribution in [1.29, 1.82) is 0 Å². The summed E-state index contributed by atoms with van der Waals surface area (Å²) in [6, 6.07) is -3.56. The van der Waals surface area contributed by atoms with Gasteiger partial charge in [0.25, 0.3) is 0 Å². The van der Waals surface area contributed by atoms with Gasteiger partial charge in [0, 0.05) is 6.42 Å². The number of nitrogens with one attached hydrogen (secondary N) is 3. The fourth-order valence-electron chi connectivity index (χ4n) is 2.16. The molecule has 4 atom stereocenters. The van der Waals surface area contributed by atoms with Crippen molar-refractivity contribution in [2.24, 2.45) is 5.92 Å². The van der Waals surface area contributed by atoms with Gasteiger partial charge in [0.05, 0.1) is 0 Å². The molecule has 11 nitrogen and oxygen atoms in total. The molecule has 0 fully saturated rings. The summed E-state index contributed by atoms with van der Waals surface area (Å²) in [6.07, 6.45) is -1.84. The van der Waals surface area contributed by atoms with Gasteiger partial charge in [-0.1, -0.05) is 20.8 Å². The first-order chi connectivity index (χ1) is 12.9. The summed E-state index contributed by atoms with van der Waals surface area (Å²) >= 11 is 0. The molecule has 0 aliphatic rings. The molecule has 0 spiro atoms. The summed E-state index contributed by atoms with van der Waals surface area (Å²) in [5, 5.41) is 34.2. The summed E-state index contributed by atoms with van der Waals surface area (Å²) in [7, 11) is 0. The van der Waals surface area contributed by atoms with Crippen LogP contribution in [0.3, 0.4) is 0 Å². The predicted octanol–water partition coefficient (Wildman–Crippen LogP) is -1.16. The van der Waals surface area contributed by atoms with Crippen molar-refractivity contribution < 1.29 is 39.3 Å². The first-order valence-electron chi connectivity index (χ1n) is 8.94. The molecule has 0 aromatic carbocycles. The summed E-state index contributed by atoms with van der Waals surface area (Å²) < 4.78 is 0. The SMILES string of the molecule is CCC(O)C(=O)N[C@@H](C)C(=O)N[C@H](C(=O)N[C@@H](CCC(=O)O)C(=O)O)C(C)C. The first-order valence-corrected chi connectivity index (χ1v) is 8.94. The summed E-state index contributed by atoms with van der Waals surface area (Å²) in [4.78, 5) is 58.2. The van der Waals surface area contributed by atoms with Crippen LogP contribution in [0.2, 0.25) is 0 Å². The van der Waals surface area contributed by atoms with Crippen LogP contribution in [0.4, 0.5) is 0 Å². The number of carbonyl (C=O) groups excluding carboxylic acids is 3. The van der Waals surface area contributed by atoms with E-state index in [9.17, 15) is 29.1 Å². The molecule has 28 heavy (non-hydrogen) atoms. The minimum Gasteiger partial charge on any atom is -0.481 e. The van der Waals surface area contributed by atoms with Crippen LogP contribution < -0.4 is 16.0 Å². The van der Waals surface area contributed by atoms with Gasteiger partial charge in [-0.05, 0) is 25.7 Å². The Morgan fingerprint density at radius 2 is 1.43 bits per heavy atom. The molecule has 0 rings (SSSR count). The number of carbonyl (C=O) groups is 5. The third kappa shape index (κ3) is 8.80. The molecule has 160 valence electrons. The van der Waals surface area contributed by atoms with Crippen LogP contribution in [0, 0.1) is 5.92 Å². The molecule has 0 aromatic rings. The zero-order valence-corrected chi connectivity index (χ0v) is 16.4. The molecule has 6 N–H and O–H groups in total. The molecule has 0 aromatic heterocycles. The molecule has 0 saturated carbocycles. The lowest BCUT2D eigenvalue weighted by Gasteiger charge is -2.25. The Labute approximate surface area is 162 Å². The van der Waals surface area contributed by atoms with Crippen LogP contribution in [0.25, 0.3) is 0 Å². The molecule has 0 bridgehead atoms. The fourth-order valence-corrected chi connectivity index (χ4v) is 2.16. The molecule has 0 radical (unpaired) electrons. The first kappa shape index (κ1) is 25.3. The Hall–Kier alpha value is -2.69. The fraction of sp³-hybridized carbons (Fsp3) is 0.706. The Kier molecular flexibility index (Phi) is 10.8. The molecule has 1 unspecified atom stereocenters. The number of amides is 3. The minimum absolute atomic E-state index is 0.171. The van der Waals surface area contributed by atoms with Gasteiger partial charge in [0.15, 0.2) is 0 Å². The average molecular weight is 403 g/mol. The molecule has 0 aliphatic carbocycles. The molecular formula is C17H29N3O8. The van der Waals surface area contributed by atoms with Crippen molar-refractivity contribution in [2.45, 2.75) is 71.2 Å². The van der Waals surface area contributed by atoms with Gasteiger partial charge in [0.2, 0.25) is 17.7 Å². The van der Waals surface area contributed by atoms with Crippen LogP contribution in [-0.2, 0) is 24.0 Å². The standard InChI is InChI=1S/C17H29N3O8/c1-5-11(21)15(25)18-9(4)14(24)20-13(8(2)3)16(26)19-10(17(27)28)6-7-12(22)23/h8-11,13,21H,5-7H2,1-4H3,(H,18,25)(H,19,26)(H,20,24)(H,22,23)(H,27,28)/t9-,10-,11?,13-/m0/s1. The highest BCUT2D eigenvalue weighted by Gasteiger charge is 2.30. The lowest BCUT2D eigenvalue weighted by Crippen LogP contribution is -2.57. The zero-order valence-electron chi connectivity index (χ0n) is 16.4. The molecule has 11 heteroatoms. The van der Waals surface area contributed by atoms with Crippen LogP contribution >= 0.6 is 0 Å². The van der Waals surface area contributed by atoms with E-state index in [2.05, 4.69) is 16.0 Å². The number of carboxylic acid groups (broad SMARTS) is 2. The normalized spacial score (nSPS) is 15.1. The Balaban J connectivity index is 5.02. The summed E-state index contributed by atoms with van der Waals surface area (Å²) in [5.41, 5.74) is 0. The lowest BCUT2D eigenvalue weighted by molar-refractivity contribution is -0.143. The second kappa shape index (κ2) is 11.9. The highest BCUT2D eigenvalue weighted by molar-refractivity contribution is 5.93.